The van der Waals surface area contributed by atoms with E-state index in [0.717, 1.165) is 19.3 Å². The van der Waals surface area contributed by atoms with Crippen molar-refractivity contribution in [2.45, 2.75) is 39.2 Å². The highest BCUT2D eigenvalue weighted by Gasteiger charge is 2.26. The van der Waals surface area contributed by atoms with Gasteiger partial charge in [-0.15, -0.1) is 0 Å². The van der Waals surface area contributed by atoms with Crippen LogP contribution in [0.4, 0.5) is 0 Å². The molecule has 1 aromatic rings. The number of ketones is 1. The average Bonchev–Trinajstić information content (AvgIpc) is 2.70. The van der Waals surface area contributed by atoms with E-state index in [1.54, 1.807) is 25.6 Å². The lowest BCUT2D eigenvalue weighted by atomic mass is 10.1. The highest BCUT2D eigenvalue weighted by molar-refractivity contribution is 6.41. The second-order valence-corrected chi connectivity index (χ2v) is 5.09. The molecule has 1 atom stereocenters. The summed E-state index contributed by atoms with van der Waals surface area (Å²) in [5.74, 6) is -1.47. The van der Waals surface area contributed by atoms with E-state index in [1.165, 1.54) is 0 Å². The third-order valence-electron chi connectivity index (χ3n) is 3.60. The molecule has 0 aliphatic carbocycles. The SMILES string of the molecule is Cc1nn(C)c(C)c1C(=O)C(=O)OCC1CCCCO1. The molecule has 1 saturated heterocycles. The molecule has 1 unspecified atom stereocenters. The van der Waals surface area contributed by atoms with Crippen LogP contribution < -0.4 is 0 Å². The summed E-state index contributed by atoms with van der Waals surface area (Å²) >= 11 is 0. The Morgan fingerprint density at radius 1 is 1.40 bits per heavy atom. The summed E-state index contributed by atoms with van der Waals surface area (Å²) in [7, 11) is 1.74. The van der Waals surface area contributed by atoms with E-state index in [2.05, 4.69) is 5.10 Å². The third-order valence-corrected chi connectivity index (χ3v) is 3.60. The number of carbonyl (C=O) groups is 2. The minimum absolute atomic E-state index is 0.0865. The van der Waals surface area contributed by atoms with Crippen LogP contribution in [0.15, 0.2) is 0 Å². The molecule has 1 aliphatic heterocycles. The number of nitrogens with zero attached hydrogens (tertiary/aromatic N) is 2. The molecule has 1 fully saturated rings. The molecule has 0 aromatic carbocycles. The van der Waals surface area contributed by atoms with Crippen LogP contribution in [0.2, 0.25) is 0 Å². The van der Waals surface area contributed by atoms with Crippen molar-refractivity contribution in [2.24, 2.45) is 7.05 Å². The zero-order chi connectivity index (χ0) is 14.7. The van der Waals surface area contributed by atoms with Crippen LogP contribution in [-0.2, 0) is 21.3 Å². The van der Waals surface area contributed by atoms with Gasteiger partial charge in [-0.3, -0.25) is 9.48 Å². The van der Waals surface area contributed by atoms with Gasteiger partial charge in [0, 0.05) is 19.3 Å². The van der Waals surface area contributed by atoms with Crippen molar-refractivity contribution in [3.63, 3.8) is 0 Å². The molecule has 0 spiro atoms. The van der Waals surface area contributed by atoms with E-state index in [1.807, 2.05) is 0 Å². The van der Waals surface area contributed by atoms with Crippen LogP contribution in [0.1, 0.15) is 41.0 Å². The minimum Gasteiger partial charge on any atom is -0.457 e. The predicted molar refractivity (Wildman–Crippen MR) is 71.6 cm³/mol. The van der Waals surface area contributed by atoms with E-state index in [9.17, 15) is 9.59 Å². The van der Waals surface area contributed by atoms with Crippen molar-refractivity contribution in [3.8, 4) is 0 Å². The number of carbonyl (C=O) groups excluding carboxylic acids is 2. The molecule has 0 radical (unpaired) electrons. The first-order valence-electron chi connectivity index (χ1n) is 6.84. The van der Waals surface area contributed by atoms with Crippen molar-refractivity contribution >= 4 is 11.8 Å². The Hall–Kier alpha value is -1.69. The number of ether oxygens (including phenoxy) is 2. The molecule has 110 valence electrons. The number of Topliss-reactive ketones (excluding diaryl/α,β-unsaturated/α-hetero) is 1. The van der Waals surface area contributed by atoms with Crippen LogP contribution in [0.3, 0.4) is 0 Å². The topological polar surface area (TPSA) is 70.4 Å². The Balaban J connectivity index is 1.96. The van der Waals surface area contributed by atoms with Gasteiger partial charge in [0.05, 0.1) is 17.4 Å². The van der Waals surface area contributed by atoms with Crippen LogP contribution in [0.5, 0.6) is 0 Å². The second kappa shape index (κ2) is 6.17. The van der Waals surface area contributed by atoms with Gasteiger partial charge in [0.1, 0.15) is 6.61 Å². The fraction of sp³-hybridized carbons (Fsp3) is 0.643. The van der Waals surface area contributed by atoms with Crippen LogP contribution in [-0.4, -0.2) is 40.9 Å². The first kappa shape index (κ1) is 14.7. The molecule has 0 amide bonds. The average molecular weight is 280 g/mol. The number of aromatic nitrogens is 2. The highest BCUT2D eigenvalue weighted by Crippen LogP contribution is 2.15. The summed E-state index contributed by atoms with van der Waals surface area (Å²) in [4.78, 5) is 23.9. The molecule has 0 bridgehead atoms. The summed E-state index contributed by atoms with van der Waals surface area (Å²) < 4.78 is 12.1. The number of hydrogen-bond donors (Lipinski definition) is 0. The maximum Gasteiger partial charge on any atom is 0.379 e. The number of aryl methyl sites for hydroxylation is 2. The minimum atomic E-state index is -0.835. The van der Waals surface area contributed by atoms with Gasteiger partial charge in [0.2, 0.25) is 0 Å². The van der Waals surface area contributed by atoms with Crippen molar-refractivity contribution in [2.75, 3.05) is 13.2 Å². The molecule has 2 rings (SSSR count). The first-order chi connectivity index (χ1) is 9.50. The molecule has 1 aliphatic rings. The standard InChI is InChI=1S/C14H20N2O4/c1-9-12(10(2)16(3)15-9)13(17)14(18)20-8-11-6-4-5-7-19-11/h11H,4-8H2,1-3H3. The molecule has 6 heteroatoms. The fourth-order valence-corrected chi connectivity index (χ4v) is 2.38. The van der Waals surface area contributed by atoms with E-state index in [-0.39, 0.29) is 12.7 Å². The van der Waals surface area contributed by atoms with Crippen molar-refractivity contribution in [3.05, 3.63) is 17.0 Å². The third kappa shape index (κ3) is 3.07. The van der Waals surface area contributed by atoms with E-state index < -0.39 is 11.8 Å². The molecule has 20 heavy (non-hydrogen) atoms. The van der Waals surface area contributed by atoms with E-state index in [4.69, 9.17) is 9.47 Å². The van der Waals surface area contributed by atoms with E-state index >= 15 is 0 Å². The molecule has 6 nitrogen and oxygen atoms in total. The molecule has 0 saturated carbocycles. The van der Waals surface area contributed by atoms with Gasteiger partial charge >= 0.3 is 5.97 Å². The Kier molecular flexibility index (Phi) is 4.54. The maximum absolute atomic E-state index is 12.1. The van der Waals surface area contributed by atoms with Gasteiger partial charge in [-0.1, -0.05) is 0 Å². The smallest absolute Gasteiger partial charge is 0.379 e. The lowest BCUT2D eigenvalue weighted by Gasteiger charge is -2.21. The van der Waals surface area contributed by atoms with Crippen molar-refractivity contribution in [1.29, 1.82) is 0 Å². The van der Waals surface area contributed by atoms with Crippen LogP contribution in [0.25, 0.3) is 0 Å². The largest absolute Gasteiger partial charge is 0.457 e. The molecule has 0 N–H and O–H groups in total. The Morgan fingerprint density at radius 3 is 2.70 bits per heavy atom. The highest BCUT2D eigenvalue weighted by atomic mass is 16.6. The summed E-state index contributed by atoms with van der Waals surface area (Å²) in [6, 6.07) is 0. The number of esters is 1. The van der Waals surface area contributed by atoms with Crippen molar-refractivity contribution in [1.82, 2.24) is 9.78 Å². The van der Waals surface area contributed by atoms with Crippen LogP contribution in [0, 0.1) is 13.8 Å². The Morgan fingerprint density at radius 2 is 2.15 bits per heavy atom. The fourth-order valence-electron chi connectivity index (χ4n) is 2.38. The lowest BCUT2D eigenvalue weighted by molar-refractivity contribution is -0.143. The molecule has 2 heterocycles. The van der Waals surface area contributed by atoms with Crippen molar-refractivity contribution < 1.29 is 19.1 Å². The Labute approximate surface area is 118 Å². The summed E-state index contributed by atoms with van der Waals surface area (Å²) in [5, 5.41) is 4.13. The van der Waals surface area contributed by atoms with Gasteiger partial charge < -0.3 is 9.47 Å². The number of hydrogen-bond acceptors (Lipinski definition) is 5. The first-order valence-corrected chi connectivity index (χ1v) is 6.84. The summed E-state index contributed by atoms with van der Waals surface area (Å²) in [6.07, 6.45) is 2.89. The Bertz CT molecular complexity index is 515. The summed E-state index contributed by atoms with van der Waals surface area (Å²) in [6.45, 7) is 4.29. The molecular formula is C14H20N2O4. The van der Waals surface area contributed by atoms with Gasteiger partial charge in [-0.2, -0.15) is 5.10 Å². The van der Waals surface area contributed by atoms with Gasteiger partial charge in [0.25, 0.3) is 5.78 Å². The quantitative estimate of drug-likeness (QED) is 0.473. The number of rotatable bonds is 4. The monoisotopic (exact) mass is 280 g/mol. The van der Waals surface area contributed by atoms with Gasteiger partial charge in [0.15, 0.2) is 0 Å². The zero-order valence-corrected chi connectivity index (χ0v) is 12.1. The predicted octanol–water partition coefficient (Wildman–Crippen LogP) is 1.33. The van der Waals surface area contributed by atoms with Gasteiger partial charge in [-0.05, 0) is 33.1 Å². The zero-order valence-electron chi connectivity index (χ0n) is 12.1. The van der Waals surface area contributed by atoms with E-state index in [0.29, 0.717) is 23.6 Å². The van der Waals surface area contributed by atoms with Crippen LogP contribution >= 0.6 is 0 Å². The molecule has 1 aromatic heterocycles. The normalized spacial score (nSPS) is 18.9. The summed E-state index contributed by atoms with van der Waals surface area (Å²) in [5.41, 5.74) is 1.54. The molecular weight excluding hydrogens is 260 g/mol. The lowest BCUT2D eigenvalue weighted by Crippen LogP contribution is -2.28. The van der Waals surface area contributed by atoms with Gasteiger partial charge in [-0.25, -0.2) is 4.79 Å². The second-order valence-electron chi connectivity index (χ2n) is 5.09. The maximum atomic E-state index is 12.1.